The Morgan fingerprint density at radius 2 is 1.97 bits per heavy atom. The summed E-state index contributed by atoms with van der Waals surface area (Å²) < 4.78 is 5.16. The van der Waals surface area contributed by atoms with Gasteiger partial charge in [0.2, 0.25) is 5.75 Å². The van der Waals surface area contributed by atoms with Gasteiger partial charge in [0, 0.05) is 16.7 Å². The number of nitro groups is 1. The van der Waals surface area contributed by atoms with Crippen molar-refractivity contribution in [2.24, 2.45) is 5.73 Å². The maximum Gasteiger partial charge on any atom is 0.313 e. The lowest BCUT2D eigenvalue weighted by Gasteiger charge is -2.14. The molecule has 29 heavy (non-hydrogen) atoms. The van der Waals surface area contributed by atoms with Crippen LogP contribution >= 0.6 is 11.6 Å². The van der Waals surface area contributed by atoms with E-state index in [-0.39, 0.29) is 21.9 Å². The number of amides is 3. The fourth-order valence-corrected chi connectivity index (χ4v) is 2.84. The van der Waals surface area contributed by atoms with Crippen LogP contribution in [0.3, 0.4) is 0 Å². The second-order valence-corrected chi connectivity index (χ2v) is 6.27. The van der Waals surface area contributed by atoms with E-state index >= 15 is 0 Å². The Balaban J connectivity index is 2.07. The highest BCUT2D eigenvalue weighted by Crippen LogP contribution is 2.36. The number of hydrogen-bond donors (Lipinski definition) is 2. The topological polar surface area (TPSA) is 145 Å². The normalized spacial score (nSPS) is 14.8. The molecule has 2 aromatic carbocycles. The molecule has 3 N–H and O–H groups in total. The van der Waals surface area contributed by atoms with Crippen molar-refractivity contribution in [1.82, 2.24) is 5.43 Å². The average Bonchev–Trinajstić information content (AvgIpc) is 2.95. The fourth-order valence-electron chi connectivity index (χ4n) is 2.61. The minimum absolute atomic E-state index is 0.0271. The van der Waals surface area contributed by atoms with Crippen LogP contribution in [-0.4, -0.2) is 29.3 Å². The van der Waals surface area contributed by atoms with Crippen molar-refractivity contribution in [2.75, 3.05) is 11.6 Å². The van der Waals surface area contributed by atoms with E-state index in [0.29, 0.717) is 5.69 Å². The number of ether oxygens (including phenoxy) is 1. The van der Waals surface area contributed by atoms with Crippen molar-refractivity contribution in [3.63, 3.8) is 0 Å². The van der Waals surface area contributed by atoms with Gasteiger partial charge in [-0.25, -0.2) is 5.01 Å². The molecule has 1 aliphatic heterocycles. The van der Waals surface area contributed by atoms with E-state index in [1.807, 2.05) is 0 Å². The molecular weight excluding hydrogens is 404 g/mol. The van der Waals surface area contributed by atoms with Crippen LogP contribution in [0.4, 0.5) is 11.4 Å². The first kappa shape index (κ1) is 19.8. The molecule has 0 saturated carbocycles. The van der Waals surface area contributed by atoms with Crippen LogP contribution in [0.15, 0.2) is 48.0 Å². The highest BCUT2D eigenvalue weighted by atomic mass is 35.5. The number of rotatable bonds is 6. The molecule has 0 aromatic heterocycles. The number of nitrogens with two attached hydrogens (primary N) is 1. The predicted octanol–water partition coefficient (Wildman–Crippen LogP) is 1.57. The summed E-state index contributed by atoms with van der Waals surface area (Å²) in [5, 5.41) is 12.4. The molecule has 0 radical (unpaired) electrons. The highest BCUT2D eigenvalue weighted by Gasteiger charge is 2.35. The molecule has 1 fully saturated rings. The summed E-state index contributed by atoms with van der Waals surface area (Å²) in [5.41, 5.74) is 7.00. The second kappa shape index (κ2) is 7.98. The van der Waals surface area contributed by atoms with Crippen molar-refractivity contribution < 1.29 is 24.0 Å². The van der Waals surface area contributed by atoms with Crippen LogP contribution in [0, 0.1) is 10.1 Å². The van der Waals surface area contributed by atoms with Gasteiger partial charge in [-0.2, -0.15) is 0 Å². The number of nitrogens with one attached hydrogen (secondary N) is 1. The number of benzene rings is 2. The minimum Gasteiger partial charge on any atom is -0.476 e. The van der Waals surface area contributed by atoms with E-state index in [2.05, 4.69) is 5.43 Å². The predicted molar refractivity (Wildman–Crippen MR) is 103 cm³/mol. The molecule has 1 aliphatic rings. The summed E-state index contributed by atoms with van der Waals surface area (Å²) >= 11 is 5.93. The summed E-state index contributed by atoms with van der Waals surface area (Å²) in [6, 6.07) is 10.6. The van der Waals surface area contributed by atoms with E-state index in [1.54, 1.807) is 30.3 Å². The minimum atomic E-state index is -0.863. The van der Waals surface area contributed by atoms with Gasteiger partial charge < -0.3 is 10.5 Å². The van der Waals surface area contributed by atoms with Gasteiger partial charge in [0.05, 0.1) is 10.6 Å². The summed E-state index contributed by atoms with van der Waals surface area (Å²) in [7, 11) is 0. The zero-order valence-corrected chi connectivity index (χ0v) is 15.4. The number of hydrazine groups is 1. The summed E-state index contributed by atoms with van der Waals surface area (Å²) in [6.07, 6.45) is 1.11. The van der Waals surface area contributed by atoms with Gasteiger partial charge in [-0.1, -0.05) is 29.8 Å². The number of nitro benzene ring substituents is 1. The first-order chi connectivity index (χ1) is 13.8. The number of nitrogens with zero attached hydrogens (tertiary/aromatic N) is 2. The molecule has 148 valence electrons. The van der Waals surface area contributed by atoms with E-state index < -0.39 is 34.9 Å². The molecule has 0 bridgehead atoms. The molecule has 0 spiro atoms. The highest BCUT2D eigenvalue weighted by molar-refractivity contribution is 6.32. The molecule has 11 heteroatoms. The van der Waals surface area contributed by atoms with Crippen LogP contribution in [-0.2, 0) is 14.4 Å². The standard InChI is InChI=1S/C18H13ClN4O6/c19-11-6-10(16(29-9-15(20)24)14(8-11)23(27)28)7-13-17(25)21-22(18(13)26)12-4-2-1-3-5-12/h1-8H,9H2,(H2,20,24)(H,21,25). The van der Waals surface area contributed by atoms with Crippen molar-refractivity contribution in [1.29, 1.82) is 0 Å². The van der Waals surface area contributed by atoms with Gasteiger partial charge in [0.25, 0.3) is 17.7 Å². The Hall–Kier alpha value is -3.92. The maximum absolute atomic E-state index is 12.7. The van der Waals surface area contributed by atoms with Gasteiger partial charge >= 0.3 is 5.69 Å². The lowest BCUT2D eigenvalue weighted by molar-refractivity contribution is -0.385. The van der Waals surface area contributed by atoms with Crippen LogP contribution < -0.4 is 20.9 Å². The molecular formula is C18H13ClN4O6. The number of carbonyl (C=O) groups is 3. The van der Waals surface area contributed by atoms with E-state index in [4.69, 9.17) is 22.1 Å². The molecule has 0 unspecified atom stereocenters. The Labute approximate surface area is 168 Å². The van der Waals surface area contributed by atoms with Crippen LogP contribution in [0.25, 0.3) is 6.08 Å². The molecule has 1 heterocycles. The lowest BCUT2D eigenvalue weighted by atomic mass is 10.1. The first-order valence-corrected chi connectivity index (χ1v) is 8.47. The Morgan fingerprint density at radius 3 is 2.59 bits per heavy atom. The monoisotopic (exact) mass is 416 g/mol. The smallest absolute Gasteiger partial charge is 0.313 e. The van der Waals surface area contributed by atoms with E-state index in [9.17, 15) is 24.5 Å². The fraction of sp³-hybridized carbons (Fsp3) is 0.0556. The number of para-hydroxylation sites is 1. The number of hydrogen-bond acceptors (Lipinski definition) is 6. The summed E-state index contributed by atoms with van der Waals surface area (Å²) in [4.78, 5) is 46.6. The van der Waals surface area contributed by atoms with Crippen molar-refractivity contribution >= 4 is 46.8 Å². The quantitative estimate of drug-likeness (QED) is 0.316. The van der Waals surface area contributed by atoms with Gasteiger partial charge in [0.1, 0.15) is 5.57 Å². The third kappa shape index (κ3) is 4.17. The van der Waals surface area contributed by atoms with Gasteiger partial charge in [-0.05, 0) is 24.3 Å². The second-order valence-electron chi connectivity index (χ2n) is 5.83. The van der Waals surface area contributed by atoms with Gasteiger partial charge in [0.15, 0.2) is 6.61 Å². The van der Waals surface area contributed by atoms with Crippen molar-refractivity contribution in [3.05, 3.63) is 68.7 Å². The Morgan fingerprint density at radius 1 is 1.28 bits per heavy atom. The third-order valence-electron chi connectivity index (χ3n) is 3.82. The molecule has 3 amide bonds. The Kier molecular flexibility index (Phi) is 5.46. The molecule has 0 atom stereocenters. The van der Waals surface area contributed by atoms with Crippen LogP contribution in [0.5, 0.6) is 5.75 Å². The zero-order valence-electron chi connectivity index (χ0n) is 14.6. The van der Waals surface area contributed by atoms with E-state index in [1.165, 1.54) is 6.07 Å². The number of anilines is 1. The molecule has 3 rings (SSSR count). The van der Waals surface area contributed by atoms with Gasteiger partial charge in [-0.3, -0.25) is 29.9 Å². The van der Waals surface area contributed by atoms with Crippen molar-refractivity contribution in [3.8, 4) is 5.75 Å². The largest absolute Gasteiger partial charge is 0.476 e. The number of carbonyl (C=O) groups excluding carboxylic acids is 3. The number of halogens is 1. The third-order valence-corrected chi connectivity index (χ3v) is 4.04. The maximum atomic E-state index is 12.7. The summed E-state index contributed by atoms with van der Waals surface area (Å²) in [6.45, 7) is -0.644. The summed E-state index contributed by atoms with van der Waals surface area (Å²) in [5.74, 6) is -2.60. The molecule has 1 saturated heterocycles. The number of primary amides is 1. The molecule has 2 aromatic rings. The van der Waals surface area contributed by atoms with Gasteiger partial charge in [-0.15, -0.1) is 0 Å². The zero-order chi connectivity index (χ0) is 21.1. The van der Waals surface area contributed by atoms with Crippen LogP contribution in [0.2, 0.25) is 5.02 Å². The average molecular weight is 417 g/mol. The van der Waals surface area contributed by atoms with E-state index in [0.717, 1.165) is 17.2 Å². The lowest BCUT2D eigenvalue weighted by Crippen LogP contribution is -2.35. The van der Waals surface area contributed by atoms with Crippen LogP contribution in [0.1, 0.15) is 5.56 Å². The molecule has 10 nitrogen and oxygen atoms in total. The van der Waals surface area contributed by atoms with Crippen molar-refractivity contribution in [2.45, 2.75) is 0 Å². The molecule has 0 aliphatic carbocycles. The Bertz CT molecular complexity index is 1050. The first-order valence-electron chi connectivity index (χ1n) is 8.09. The SMILES string of the molecule is NC(=O)COc1c(C=C2C(=O)NN(c3ccccc3)C2=O)cc(Cl)cc1[N+](=O)[O-].